The average Bonchev–Trinajstić information content (AvgIpc) is 2.68. The lowest BCUT2D eigenvalue weighted by molar-refractivity contribution is 0.108. The molecule has 0 amide bonds. The predicted molar refractivity (Wildman–Crippen MR) is 106 cm³/mol. The molecule has 1 aliphatic carbocycles. The number of ether oxygens (including phenoxy) is 2. The fourth-order valence-corrected chi connectivity index (χ4v) is 4.12. The fraction of sp³-hybridized carbons (Fsp3) is 0.632. The van der Waals surface area contributed by atoms with Crippen LogP contribution in [0.15, 0.2) is 18.2 Å². The summed E-state index contributed by atoms with van der Waals surface area (Å²) in [5.74, 6) is 1.51. The molecule has 0 spiro atoms. The normalized spacial score (nSPS) is 19.5. The Hall–Kier alpha value is -1.53. The number of nitrogens with one attached hydrogen (secondary N) is 1. The molecule has 138 valence electrons. The minimum Gasteiger partial charge on any atom is -0.497 e. The molecule has 3 rings (SSSR count). The van der Waals surface area contributed by atoms with Crippen molar-refractivity contribution in [3.8, 4) is 11.5 Å². The fourth-order valence-electron chi connectivity index (χ4n) is 3.82. The second-order valence-electron chi connectivity index (χ2n) is 6.85. The highest BCUT2D eigenvalue weighted by atomic mass is 32.1. The monoisotopic (exact) mass is 363 g/mol. The minimum absolute atomic E-state index is 0.756. The third kappa shape index (κ3) is 4.76. The first-order valence-electron chi connectivity index (χ1n) is 9.22. The van der Waals surface area contributed by atoms with Gasteiger partial charge in [0.25, 0.3) is 0 Å². The van der Waals surface area contributed by atoms with Crippen LogP contribution in [-0.4, -0.2) is 61.4 Å². The molecule has 0 unspecified atom stereocenters. The van der Waals surface area contributed by atoms with Crippen LogP contribution in [0.25, 0.3) is 0 Å². The van der Waals surface area contributed by atoms with Crippen molar-refractivity contribution in [2.75, 3.05) is 45.7 Å². The first-order valence-corrected chi connectivity index (χ1v) is 9.63. The number of hydrogen-bond acceptors (Lipinski definition) is 4. The van der Waals surface area contributed by atoms with E-state index in [4.69, 9.17) is 21.7 Å². The van der Waals surface area contributed by atoms with Crippen LogP contribution >= 0.6 is 12.2 Å². The van der Waals surface area contributed by atoms with Gasteiger partial charge in [-0.1, -0.05) is 19.3 Å². The van der Waals surface area contributed by atoms with Crippen LogP contribution in [0.5, 0.6) is 11.5 Å². The summed E-state index contributed by atoms with van der Waals surface area (Å²) in [4.78, 5) is 4.92. The van der Waals surface area contributed by atoms with Gasteiger partial charge < -0.3 is 19.7 Å². The number of benzene rings is 1. The third-order valence-electron chi connectivity index (χ3n) is 5.30. The second-order valence-corrected chi connectivity index (χ2v) is 7.23. The smallest absolute Gasteiger partial charge is 0.173 e. The van der Waals surface area contributed by atoms with Gasteiger partial charge >= 0.3 is 0 Å². The number of thiocarbonyl (C=S) groups is 1. The molecule has 1 heterocycles. The number of hydrogen-bond donors (Lipinski definition) is 1. The van der Waals surface area contributed by atoms with Crippen LogP contribution in [0.4, 0.5) is 5.69 Å². The van der Waals surface area contributed by atoms with Crippen molar-refractivity contribution in [2.24, 2.45) is 0 Å². The van der Waals surface area contributed by atoms with Gasteiger partial charge in [-0.05, 0) is 25.1 Å². The molecular formula is C19H29N3O2S. The molecule has 25 heavy (non-hydrogen) atoms. The Morgan fingerprint density at radius 1 is 0.960 bits per heavy atom. The molecule has 1 N–H and O–H groups in total. The quantitative estimate of drug-likeness (QED) is 0.827. The highest BCUT2D eigenvalue weighted by Crippen LogP contribution is 2.27. The van der Waals surface area contributed by atoms with Gasteiger partial charge in [0.2, 0.25) is 0 Å². The molecular weight excluding hydrogens is 334 g/mol. The number of piperazine rings is 1. The Labute approximate surface area is 156 Å². The lowest BCUT2D eigenvalue weighted by atomic mass is 9.94. The van der Waals surface area contributed by atoms with Crippen molar-refractivity contribution >= 4 is 23.0 Å². The van der Waals surface area contributed by atoms with E-state index >= 15 is 0 Å². The van der Waals surface area contributed by atoms with Gasteiger partial charge in [0, 0.05) is 56.1 Å². The summed E-state index contributed by atoms with van der Waals surface area (Å²) in [5.41, 5.74) is 0.899. The van der Waals surface area contributed by atoms with E-state index in [0.29, 0.717) is 0 Å². The molecule has 0 atom stereocenters. The molecule has 6 heteroatoms. The molecule has 0 aromatic heterocycles. The SMILES string of the molecule is COc1cc(NC(=S)N2CCN(C3CCCCC3)CC2)cc(OC)c1. The number of anilines is 1. The Bertz CT molecular complexity index is 560. The molecule has 1 aromatic rings. The third-order valence-corrected chi connectivity index (χ3v) is 5.66. The van der Waals surface area contributed by atoms with Crippen molar-refractivity contribution in [1.29, 1.82) is 0 Å². The molecule has 0 bridgehead atoms. The van der Waals surface area contributed by atoms with Crippen LogP contribution in [0.1, 0.15) is 32.1 Å². The van der Waals surface area contributed by atoms with E-state index in [2.05, 4.69) is 15.1 Å². The largest absolute Gasteiger partial charge is 0.497 e. The van der Waals surface area contributed by atoms with Crippen molar-refractivity contribution in [3.05, 3.63) is 18.2 Å². The number of methoxy groups -OCH3 is 2. The minimum atomic E-state index is 0.756. The number of rotatable bonds is 4. The van der Waals surface area contributed by atoms with Gasteiger partial charge in [-0.15, -0.1) is 0 Å². The second kappa shape index (κ2) is 8.72. The molecule has 0 radical (unpaired) electrons. The average molecular weight is 364 g/mol. The summed E-state index contributed by atoms with van der Waals surface area (Å²) in [7, 11) is 3.31. The molecule has 2 fully saturated rings. The van der Waals surface area contributed by atoms with E-state index in [1.165, 1.54) is 32.1 Å². The molecule has 5 nitrogen and oxygen atoms in total. The standard InChI is InChI=1S/C19H29N3O2S/c1-23-17-12-15(13-18(14-17)24-2)20-19(25)22-10-8-21(9-11-22)16-6-4-3-5-7-16/h12-14,16H,3-11H2,1-2H3,(H,20,25). The molecule has 1 aliphatic heterocycles. The summed E-state index contributed by atoms with van der Waals surface area (Å²) >= 11 is 5.62. The zero-order valence-electron chi connectivity index (χ0n) is 15.3. The van der Waals surface area contributed by atoms with Crippen molar-refractivity contribution < 1.29 is 9.47 Å². The van der Waals surface area contributed by atoms with Gasteiger partial charge in [0.05, 0.1) is 14.2 Å². The topological polar surface area (TPSA) is 37.0 Å². The predicted octanol–water partition coefficient (Wildman–Crippen LogP) is 3.35. The van der Waals surface area contributed by atoms with Crippen LogP contribution in [-0.2, 0) is 0 Å². The first-order chi connectivity index (χ1) is 12.2. The Morgan fingerprint density at radius 3 is 2.12 bits per heavy atom. The Kier molecular flexibility index (Phi) is 6.37. The molecule has 1 saturated carbocycles. The highest BCUT2D eigenvalue weighted by molar-refractivity contribution is 7.80. The molecule has 2 aliphatic rings. The van der Waals surface area contributed by atoms with Crippen LogP contribution in [0.2, 0.25) is 0 Å². The highest BCUT2D eigenvalue weighted by Gasteiger charge is 2.26. The van der Waals surface area contributed by atoms with E-state index in [1.807, 2.05) is 18.2 Å². The van der Waals surface area contributed by atoms with Gasteiger partial charge in [0.15, 0.2) is 5.11 Å². The van der Waals surface area contributed by atoms with Crippen LogP contribution in [0.3, 0.4) is 0 Å². The van der Waals surface area contributed by atoms with E-state index in [1.54, 1.807) is 14.2 Å². The molecule has 1 saturated heterocycles. The van der Waals surface area contributed by atoms with Crippen LogP contribution < -0.4 is 14.8 Å². The molecule has 1 aromatic carbocycles. The summed E-state index contributed by atoms with van der Waals surface area (Å²) < 4.78 is 10.6. The van der Waals surface area contributed by atoms with Gasteiger partial charge in [-0.2, -0.15) is 0 Å². The van der Waals surface area contributed by atoms with E-state index in [-0.39, 0.29) is 0 Å². The van der Waals surface area contributed by atoms with Crippen molar-refractivity contribution in [2.45, 2.75) is 38.1 Å². The Balaban J connectivity index is 1.54. The zero-order chi connectivity index (χ0) is 17.6. The number of nitrogens with zero attached hydrogens (tertiary/aromatic N) is 2. The van der Waals surface area contributed by atoms with E-state index in [0.717, 1.165) is 54.5 Å². The lowest BCUT2D eigenvalue weighted by Gasteiger charge is -2.41. The van der Waals surface area contributed by atoms with Gasteiger partial charge in [-0.25, -0.2) is 0 Å². The van der Waals surface area contributed by atoms with E-state index in [9.17, 15) is 0 Å². The zero-order valence-corrected chi connectivity index (χ0v) is 16.1. The lowest BCUT2D eigenvalue weighted by Crippen LogP contribution is -2.53. The van der Waals surface area contributed by atoms with Crippen molar-refractivity contribution in [3.63, 3.8) is 0 Å². The summed E-state index contributed by atoms with van der Waals surface area (Å²) in [6.07, 6.45) is 6.93. The van der Waals surface area contributed by atoms with Crippen LogP contribution in [0, 0.1) is 0 Å². The maximum Gasteiger partial charge on any atom is 0.173 e. The summed E-state index contributed by atoms with van der Waals surface area (Å²) in [5, 5.41) is 4.11. The van der Waals surface area contributed by atoms with Crippen molar-refractivity contribution in [1.82, 2.24) is 9.80 Å². The summed E-state index contributed by atoms with van der Waals surface area (Å²) in [6.45, 7) is 4.19. The van der Waals surface area contributed by atoms with Gasteiger partial charge in [-0.3, -0.25) is 4.90 Å². The Morgan fingerprint density at radius 2 is 1.56 bits per heavy atom. The first kappa shape index (κ1) is 18.3. The van der Waals surface area contributed by atoms with E-state index < -0.39 is 0 Å². The maximum atomic E-state index is 5.62. The maximum absolute atomic E-state index is 5.62. The van der Waals surface area contributed by atoms with Gasteiger partial charge in [0.1, 0.15) is 11.5 Å². The summed E-state index contributed by atoms with van der Waals surface area (Å²) in [6, 6.07) is 6.53.